The van der Waals surface area contributed by atoms with Crippen LogP contribution < -0.4 is 4.46 Å². The van der Waals surface area contributed by atoms with E-state index in [0.717, 1.165) is 15.0 Å². The van der Waals surface area contributed by atoms with Crippen molar-refractivity contribution < 1.29 is 0 Å². The molecule has 0 amide bonds. The fourth-order valence-corrected chi connectivity index (χ4v) is 6.54. The van der Waals surface area contributed by atoms with Gasteiger partial charge in [0.05, 0.1) is 0 Å². The van der Waals surface area contributed by atoms with Gasteiger partial charge in [-0.25, -0.2) is 0 Å². The number of benzene rings is 2. The fourth-order valence-electron chi connectivity index (χ4n) is 1.50. The van der Waals surface area contributed by atoms with Gasteiger partial charge in [-0.15, -0.1) is 0 Å². The van der Waals surface area contributed by atoms with Crippen molar-refractivity contribution in [2.45, 2.75) is 16.0 Å². The molecule has 0 aromatic heterocycles. The first-order valence-corrected chi connectivity index (χ1v) is 10.2. The summed E-state index contributed by atoms with van der Waals surface area (Å²) in [5, 5.41) is 4.10. The Bertz CT molecular complexity index is 370. The van der Waals surface area contributed by atoms with E-state index in [9.17, 15) is 0 Å². The number of rotatable bonds is 6. The fraction of sp³-hybridized carbons (Fsp3) is 0.200. The standard InChI is InChI=1S/C15H16Se2/c1-3-7-14(8-4-1)13-16-11-12-17-15-9-5-2-6-10-15/h1-10H,11-13H2. The summed E-state index contributed by atoms with van der Waals surface area (Å²) in [4.78, 5) is 0. The average Bonchev–Trinajstić information content (AvgIpc) is 2.41. The molecule has 88 valence electrons. The molecule has 2 rings (SSSR count). The van der Waals surface area contributed by atoms with Crippen LogP contribution in [0, 0.1) is 0 Å². The molecule has 0 spiro atoms. The molecule has 0 aliphatic carbocycles. The Morgan fingerprint density at radius 2 is 1.35 bits per heavy atom. The second-order valence-electron chi connectivity index (χ2n) is 3.70. The first-order chi connectivity index (χ1) is 8.45. The Morgan fingerprint density at radius 3 is 2.06 bits per heavy atom. The molecule has 0 unspecified atom stereocenters. The molecule has 0 bridgehead atoms. The van der Waals surface area contributed by atoms with Gasteiger partial charge >= 0.3 is 117 Å². The van der Waals surface area contributed by atoms with Crippen LogP contribution in [0.5, 0.6) is 0 Å². The van der Waals surface area contributed by atoms with Crippen LogP contribution in [0.4, 0.5) is 0 Å². The Kier molecular flexibility index (Phi) is 5.88. The van der Waals surface area contributed by atoms with E-state index in [1.807, 2.05) is 0 Å². The van der Waals surface area contributed by atoms with Crippen molar-refractivity contribution in [2.24, 2.45) is 0 Å². The molecule has 0 aliphatic heterocycles. The van der Waals surface area contributed by atoms with Crippen LogP contribution in [0.15, 0.2) is 60.7 Å². The number of hydrogen-bond acceptors (Lipinski definition) is 0. The van der Waals surface area contributed by atoms with E-state index in [2.05, 4.69) is 60.7 Å². The summed E-state index contributed by atoms with van der Waals surface area (Å²) in [6, 6.07) is 21.7. The Hall–Kier alpha value is -0.521. The van der Waals surface area contributed by atoms with E-state index in [4.69, 9.17) is 0 Å². The van der Waals surface area contributed by atoms with Crippen molar-refractivity contribution in [1.29, 1.82) is 0 Å². The summed E-state index contributed by atoms with van der Waals surface area (Å²) >= 11 is 1.46. The molecule has 0 fully saturated rings. The normalized spacial score (nSPS) is 10.4. The van der Waals surface area contributed by atoms with Gasteiger partial charge in [-0.1, -0.05) is 0 Å². The Balaban J connectivity index is 1.61. The molecular formula is C15H16Se2. The molecule has 2 heteroatoms. The minimum absolute atomic E-state index is 0.680. The van der Waals surface area contributed by atoms with Gasteiger partial charge in [0.15, 0.2) is 0 Å². The van der Waals surface area contributed by atoms with E-state index >= 15 is 0 Å². The van der Waals surface area contributed by atoms with Gasteiger partial charge in [0.25, 0.3) is 0 Å². The molecule has 0 N–H and O–H groups in total. The Morgan fingerprint density at radius 1 is 0.706 bits per heavy atom. The molecule has 0 radical (unpaired) electrons. The molecule has 0 saturated heterocycles. The van der Waals surface area contributed by atoms with E-state index in [1.54, 1.807) is 0 Å². The van der Waals surface area contributed by atoms with E-state index in [0.29, 0.717) is 15.0 Å². The number of hydrogen-bond donors (Lipinski definition) is 0. The van der Waals surface area contributed by atoms with Crippen LogP contribution in [0.1, 0.15) is 5.56 Å². The van der Waals surface area contributed by atoms with Crippen LogP contribution >= 0.6 is 0 Å². The van der Waals surface area contributed by atoms with Crippen molar-refractivity contribution >= 4 is 34.4 Å². The molecule has 0 atom stereocenters. The summed E-state index contributed by atoms with van der Waals surface area (Å²) < 4.78 is 1.54. The maximum atomic E-state index is 2.25. The van der Waals surface area contributed by atoms with Gasteiger partial charge < -0.3 is 0 Å². The van der Waals surface area contributed by atoms with Crippen LogP contribution in [-0.4, -0.2) is 29.9 Å². The van der Waals surface area contributed by atoms with Gasteiger partial charge in [0.1, 0.15) is 0 Å². The predicted molar refractivity (Wildman–Crippen MR) is 77.3 cm³/mol. The SMILES string of the molecule is c1ccc(C[Se]CC[Se]c2ccccc2)cc1. The first-order valence-electron chi connectivity index (χ1n) is 5.75. The molecule has 2 aromatic rings. The molecule has 2 aromatic carbocycles. The molecule has 0 saturated carbocycles. The van der Waals surface area contributed by atoms with Gasteiger partial charge in [-0.3, -0.25) is 0 Å². The average molecular weight is 354 g/mol. The zero-order valence-electron chi connectivity index (χ0n) is 9.71. The minimum atomic E-state index is 0.680. The van der Waals surface area contributed by atoms with E-state index < -0.39 is 0 Å². The third-order valence-corrected chi connectivity index (χ3v) is 7.95. The molecule has 0 heterocycles. The topological polar surface area (TPSA) is 0 Å². The van der Waals surface area contributed by atoms with Gasteiger partial charge in [-0.05, 0) is 0 Å². The molecule has 0 aliphatic rings. The van der Waals surface area contributed by atoms with E-state index in [-0.39, 0.29) is 0 Å². The third-order valence-electron chi connectivity index (χ3n) is 2.35. The monoisotopic (exact) mass is 356 g/mol. The first kappa shape index (κ1) is 12.9. The third kappa shape index (κ3) is 5.10. The maximum absolute atomic E-state index is 2.25. The zero-order chi connectivity index (χ0) is 11.8. The van der Waals surface area contributed by atoms with Crippen molar-refractivity contribution in [2.75, 3.05) is 0 Å². The summed E-state index contributed by atoms with van der Waals surface area (Å²) in [6.07, 6.45) is 0. The van der Waals surface area contributed by atoms with Crippen LogP contribution in [-0.2, 0) is 5.32 Å². The summed E-state index contributed by atoms with van der Waals surface area (Å²) in [5.74, 6) is 0. The van der Waals surface area contributed by atoms with Gasteiger partial charge in [-0.2, -0.15) is 0 Å². The zero-order valence-corrected chi connectivity index (χ0v) is 13.1. The second kappa shape index (κ2) is 7.74. The molecular weight excluding hydrogens is 338 g/mol. The van der Waals surface area contributed by atoms with Crippen molar-refractivity contribution in [3.63, 3.8) is 0 Å². The van der Waals surface area contributed by atoms with Crippen molar-refractivity contribution in [3.05, 3.63) is 66.2 Å². The quantitative estimate of drug-likeness (QED) is 0.553. The van der Waals surface area contributed by atoms with Crippen LogP contribution in [0.25, 0.3) is 0 Å². The second-order valence-corrected chi connectivity index (χ2v) is 8.47. The summed E-state index contributed by atoms with van der Waals surface area (Å²) in [6.45, 7) is 0. The van der Waals surface area contributed by atoms with E-state index in [1.165, 1.54) is 26.0 Å². The van der Waals surface area contributed by atoms with Gasteiger partial charge in [0.2, 0.25) is 0 Å². The van der Waals surface area contributed by atoms with Crippen molar-refractivity contribution in [1.82, 2.24) is 0 Å². The van der Waals surface area contributed by atoms with Crippen LogP contribution in [0.3, 0.4) is 0 Å². The molecule has 0 nitrogen and oxygen atoms in total. The van der Waals surface area contributed by atoms with Crippen molar-refractivity contribution in [3.8, 4) is 0 Å². The predicted octanol–water partition coefficient (Wildman–Crippen LogP) is 2.76. The Labute approximate surface area is 116 Å². The molecule has 17 heavy (non-hydrogen) atoms. The van der Waals surface area contributed by atoms with Crippen LogP contribution in [0.2, 0.25) is 10.6 Å². The van der Waals surface area contributed by atoms with Gasteiger partial charge in [0, 0.05) is 0 Å². The summed E-state index contributed by atoms with van der Waals surface area (Å²) in [7, 11) is 0. The summed E-state index contributed by atoms with van der Waals surface area (Å²) in [5.41, 5.74) is 1.50.